The van der Waals surface area contributed by atoms with Crippen molar-refractivity contribution < 1.29 is 9.59 Å². The Kier molecular flexibility index (Phi) is 5.20. The predicted molar refractivity (Wildman–Crippen MR) is 66.6 cm³/mol. The first-order valence-electron chi connectivity index (χ1n) is 5.76. The quantitative estimate of drug-likeness (QED) is 0.835. The van der Waals surface area contributed by atoms with Crippen molar-refractivity contribution in [2.75, 3.05) is 0 Å². The zero-order chi connectivity index (χ0) is 12.7. The second kappa shape index (κ2) is 6.68. The van der Waals surface area contributed by atoms with Gasteiger partial charge < -0.3 is 5.32 Å². The van der Waals surface area contributed by atoms with Crippen LogP contribution in [0.4, 0.5) is 4.79 Å². The van der Waals surface area contributed by atoms with E-state index in [1.54, 1.807) is 6.92 Å². The summed E-state index contributed by atoms with van der Waals surface area (Å²) >= 11 is 0. The normalized spacial score (nSPS) is 11.6. The number of rotatable bonds is 4. The van der Waals surface area contributed by atoms with Gasteiger partial charge in [-0.15, -0.1) is 0 Å². The third kappa shape index (κ3) is 5.15. The van der Waals surface area contributed by atoms with E-state index in [-0.39, 0.29) is 11.9 Å². The average Bonchev–Trinajstić information content (AvgIpc) is 2.29. The molecule has 0 radical (unpaired) electrons. The van der Waals surface area contributed by atoms with Crippen molar-refractivity contribution in [2.24, 2.45) is 0 Å². The number of hydrogen-bond donors (Lipinski definition) is 2. The van der Waals surface area contributed by atoms with Gasteiger partial charge in [0, 0.05) is 12.5 Å². The molecule has 17 heavy (non-hydrogen) atoms. The Morgan fingerprint density at radius 1 is 1.24 bits per heavy atom. The minimum atomic E-state index is -0.430. The average molecular weight is 234 g/mol. The standard InChI is InChI=1S/C13H18N2O2/c1-3-12(16)15-13(17)14-10(2)9-11-7-5-4-6-8-11/h4-8,10H,3,9H2,1-2H3,(H2,14,15,16,17). The fourth-order valence-electron chi connectivity index (χ4n) is 1.49. The number of nitrogens with one attached hydrogen (secondary N) is 2. The molecule has 0 aromatic heterocycles. The molecular weight excluding hydrogens is 216 g/mol. The van der Waals surface area contributed by atoms with E-state index in [0.29, 0.717) is 6.42 Å². The maximum atomic E-state index is 11.4. The van der Waals surface area contributed by atoms with Crippen molar-refractivity contribution in [3.8, 4) is 0 Å². The molecule has 3 amide bonds. The van der Waals surface area contributed by atoms with E-state index in [9.17, 15) is 9.59 Å². The summed E-state index contributed by atoms with van der Waals surface area (Å²) in [4.78, 5) is 22.4. The van der Waals surface area contributed by atoms with Crippen LogP contribution in [0.2, 0.25) is 0 Å². The molecule has 92 valence electrons. The molecule has 0 saturated heterocycles. The third-order valence-corrected chi connectivity index (χ3v) is 2.34. The molecule has 0 aliphatic heterocycles. The lowest BCUT2D eigenvalue weighted by Crippen LogP contribution is -2.44. The molecule has 1 aromatic rings. The van der Waals surface area contributed by atoms with Crippen LogP contribution in [-0.4, -0.2) is 18.0 Å². The van der Waals surface area contributed by atoms with Crippen LogP contribution in [0.15, 0.2) is 30.3 Å². The first-order chi connectivity index (χ1) is 8.11. The van der Waals surface area contributed by atoms with Crippen molar-refractivity contribution in [3.05, 3.63) is 35.9 Å². The summed E-state index contributed by atoms with van der Waals surface area (Å²) in [7, 11) is 0. The molecule has 4 heteroatoms. The summed E-state index contributed by atoms with van der Waals surface area (Å²) in [5, 5.41) is 4.98. The van der Waals surface area contributed by atoms with Crippen LogP contribution >= 0.6 is 0 Å². The smallest absolute Gasteiger partial charge is 0.321 e. The number of hydrogen-bond acceptors (Lipinski definition) is 2. The van der Waals surface area contributed by atoms with E-state index in [1.807, 2.05) is 37.3 Å². The minimum absolute atomic E-state index is 0.0120. The van der Waals surface area contributed by atoms with Gasteiger partial charge in [0.15, 0.2) is 0 Å². The lowest BCUT2D eigenvalue weighted by Gasteiger charge is -2.13. The third-order valence-electron chi connectivity index (χ3n) is 2.34. The van der Waals surface area contributed by atoms with E-state index in [1.165, 1.54) is 0 Å². The summed E-state index contributed by atoms with van der Waals surface area (Å²) in [6, 6.07) is 9.45. The van der Waals surface area contributed by atoms with Crippen LogP contribution in [0.1, 0.15) is 25.8 Å². The van der Waals surface area contributed by atoms with E-state index in [2.05, 4.69) is 10.6 Å². The van der Waals surface area contributed by atoms with Gasteiger partial charge in [0.05, 0.1) is 0 Å². The number of carbonyl (C=O) groups is 2. The Morgan fingerprint density at radius 3 is 2.47 bits per heavy atom. The first-order valence-corrected chi connectivity index (χ1v) is 5.76. The molecule has 1 rings (SSSR count). The van der Waals surface area contributed by atoms with Gasteiger partial charge >= 0.3 is 6.03 Å². The zero-order valence-electron chi connectivity index (χ0n) is 10.2. The maximum absolute atomic E-state index is 11.4. The first kappa shape index (κ1) is 13.2. The molecule has 0 aliphatic rings. The van der Waals surface area contributed by atoms with Gasteiger partial charge in [-0.2, -0.15) is 0 Å². The summed E-state index contributed by atoms with van der Waals surface area (Å²) in [6.45, 7) is 3.61. The molecule has 0 bridgehead atoms. The largest absolute Gasteiger partial charge is 0.335 e. The topological polar surface area (TPSA) is 58.2 Å². The predicted octanol–water partition coefficient (Wildman–Crippen LogP) is 1.85. The van der Waals surface area contributed by atoms with Gasteiger partial charge in [0.25, 0.3) is 0 Å². The van der Waals surface area contributed by atoms with E-state index in [0.717, 1.165) is 12.0 Å². The molecule has 0 saturated carbocycles. The summed E-state index contributed by atoms with van der Waals surface area (Å²) in [5.74, 6) is -0.269. The van der Waals surface area contributed by atoms with E-state index < -0.39 is 6.03 Å². The SMILES string of the molecule is CCC(=O)NC(=O)NC(C)Cc1ccccc1. The Labute approximate surface area is 101 Å². The highest BCUT2D eigenvalue weighted by atomic mass is 16.2. The highest BCUT2D eigenvalue weighted by Crippen LogP contribution is 2.02. The van der Waals surface area contributed by atoms with Crippen LogP contribution in [0.25, 0.3) is 0 Å². The lowest BCUT2D eigenvalue weighted by molar-refractivity contribution is -0.119. The zero-order valence-corrected chi connectivity index (χ0v) is 10.2. The molecule has 0 fully saturated rings. The molecule has 2 N–H and O–H groups in total. The molecule has 0 aliphatic carbocycles. The number of urea groups is 1. The number of imide groups is 1. The second-order valence-corrected chi connectivity index (χ2v) is 3.97. The number of amides is 3. The van der Waals surface area contributed by atoms with Gasteiger partial charge in [-0.3, -0.25) is 10.1 Å². The molecule has 4 nitrogen and oxygen atoms in total. The summed E-state index contributed by atoms with van der Waals surface area (Å²) in [5.41, 5.74) is 1.15. The van der Waals surface area contributed by atoms with Gasteiger partial charge in [-0.05, 0) is 18.9 Å². The summed E-state index contributed by atoms with van der Waals surface area (Å²) in [6.07, 6.45) is 1.05. The van der Waals surface area contributed by atoms with Crippen LogP contribution in [0.3, 0.4) is 0 Å². The summed E-state index contributed by atoms with van der Waals surface area (Å²) < 4.78 is 0. The van der Waals surface area contributed by atoms with Crippen molar-refractivity contribution in [1.29, 1.82) is 0 Å². The van der Waals surface area contributed by atoms with Gasteiger partial charge in [-0.1, -0.05) is 37.3 Å². The second-order valence-electron chi connectivity index (χ2n) is 3.97. The van der Waals surface area contributed by atoms with Crippen LogP contribution in [0, 0.1) is 0 Å². The Balaban J connectivity index is 2.37. The molecule has 0 spiro atoms. The van der Waals surface area contributed by atoms with Gasteiger partial charge in [0.2, 0.25) is 5.91 Å². The Bertz CT molecular complexity index is 376. The number of benzene rings is 1. The van der Waals surface area contributed by atoms with Gasteiger partial charge in [-0.25, -0.2) is 4.79 Å². The van der Waals surface area contributed by atoms with Gasteiger partial charge in [0.1, 0.15) is 0 Å². The van der Waals surface area contributed by atoms with E-state index >= 15 is 0 Å². The van der Waals surface area contributed by atoms with Crippen LogP contribution in [0.5, 0.6) is 0 Å². The monoisotopic (exact) mass is 234 g/mol. The van der Waals surface area contributed by atoms with Crippen molar-refractivity contribution >= 4 is 11.9 Å². The van der Waals surface area contributed by atoms with Crippen molar-refractivity contribution in [3.63, 3.8) is 0 Å². The Hall–Kier alpha value is -1.84. The Morgan fingerprint density at radius 2 is 1.88 bits per heavy atom. The van der Waals surface area contributed by atoms with Crippen molar-refractivity contribution in [2.45, 2.75) is 32.7 Å². The van der Waals surface area contributed by atoms with Crippen LogP contribution in [-0.2, 0) is 11.2 Å². The fraction of sp³-hybridized carbons (Fsp3) is 0.385. The highest BCUT2D eigenvalue weighted by molar-refractivity contribution is 5.94. The minimum Gasteiger partial charge on any atom is -0.335 e. The fourth-order valence-corrected chi connectivity index (χ4v) is 1.49. The molecule has 1 unspecified atom stereocenters. The molecule has 1 atom stereocenters. The number of carbonyl (C=O) groups excluding carboxylic acids is 2. The van der Waals surface area contributed by atoms with Crippen LogP contribution < -0.4 is 10.6 Å². The van der Waals surface area contributed by atoms with Crippen molar-refractivity contribution in [1.82, 2.24) is 10.6 Å². The highest BCUT2D eigenvalue weighted by Gasteiger charge is 2.09. The molecule has 0 heterocycles. The maximum Gasteiger partial charge on any atom is 0.321 e. The molecular formula is C13H18N2O2. The molecule has 1 aromatic carbocycles. The van der Waals surface area contributed by atoms with E-state index in [4.69, 9.17) is 0 Å². The lowest BCUT2D eigenvalue weighted by atomic mass is 10.1.